The average Bonchev–Trinajstić information content (AvgIpc) is 3.08. The number of nitrogens with zero attached hydrogens (tertiary/aromatic N) is 2. The van der Waals surface area contributed by atoms with Crippen LogP contribution in [0.25, 0.3) is 11.1 Å². The summed E-state index contributed by atoms with van der Waals surface area (Å²) in [5.74, 6) is -0.664. The van der Waals surface area contributed by atoms with Crippen LogP contribution in [0.5, 0.6) is 11.5 Å². The molecule has 0 radical (unpaired) electrons. The van der Waals surface area contributed by atoms with Crippen LogP contribution in [-0.4, -0.2) is 29.0 Å². The Balaban J connectivity index is 1.94. The van der Waals surface area contributed by atoms with Gasteiger partial charge in [0.2, 0.25) is 0 Å². The van der Waals surface area contributed by atoms with Crippen molar-refractivity contribution in [3.63, 3.8) is 0 Å². The number of nitrogen functional groups attached to an aromatic ring is 1. The van der Waals surface area contributed by atoms with Gasteiger partial charge in [-0.1, -0.05) is 5.16 Å². The van der Waals surface area contributed by atoms with Crippen LogP contribution in [0, 0.1) is 6.92 Å². The third-order valence-corrected chi connectivity index (χ3v) is 3.94. The van der Waals surface area contributed by atoms with E-state index in [1.54, 1.807) is 13.8 Å². The van der Waals surface area contributed by atoms with Gasteiger partial charge in [0, 0.05) is 11.1 Å². The normalized spacial score (nSPS) is 11.2. The zero-order valence-electron chi connectivity index (χ0n) is 15.9. The molecule has 0 spiro atoms. The lowest BCUT2D eigenvalue weighted by molar-refractivity contribution is -0.274. The number of alkyl halides is 3. The number of pyridine rings is 1. The Labute approximate surface area is 168 Å². The summed E-state index contributed by atoms with van der Waals surface area (Å²) in [6.45, 7) is 3.65. The fourth-order valence-corrected chi connectivity index (χ4v) is 2.66. The van der Waals surface area contributed by atoms with Gasteiger partial charge in [-0.3, -0.25) is 4.79 Å². The second kappa shape index (κ2) is 8.31. The van der Waals surface area contributed by atoms with E-state index in [0.717, 1.165) is 6.07 Å². The predicted octanol–water partition coefficient (Wildman–Crippen LogP) is 4.18. The molecule has 0 fully saturated rings. The third kappa shape index (κ3) is 4.80. The van der Waals surface area contributed by atoms with E-state index in [9.17, 15) is 18.0 Å². The monoisotopic (exact) mass is 422 g/mol. The van der Waals surface area contributed by atoms with Crippen molar-refractivity contribution in [1.82, 2.24) is 10.1 Å². The number of ether oxygens (including phenoxy) is 2. The van der Waals surface area contributed by atoms with Gasteiger partial charge in [0.25, 0.3) is 5.91 Å². The highest BCUT2D eigenvalue weighted by atomic mass is 19.4. The number of rotatable bonds is 6. The van der Waals surface area contributed by atoms with Gasteiger partial charge in [-0.05, 0) is 44.2 Å². The number of aromatic nitrogens is 2. The van der Waals surface area contributed by atoms with E-state index in [2.05, 4.69) is 20.2 Å². The predicted molar refractivity (Wildman–Crippen MR) is 101 cm³/mol. The number of hydrogen-bond acceptors (Lipinski definition) is 7. The molecule has 0 aliphatic rings. The van der Waals surface area contributed by atoms with Gasteiger partial charge in [-0.2, -0.15) is 0 Å². The van der Waals surface area contributed by atoms with Gasteiger partial charge in [-0.15, -0.1) is 13.2 Å². The summed E-state index contributed by atoms with van der Waals surface area (Å²) in [5, 5.41) is 6.14. The van der Waals surface area contributed by atoms with E-state index in [-0.39, 0.29) is 28.3 Å². The van der Waals surface area contributed by atoms with Crippen LogP contribution < -0.4 is 20.5 Å². The summed E-state index contributed by atoms with van der Waals surface area (Å²) in [7, 11) is 0. The summed E-state index contributed by atoms with van der Waals surface area (Å²) in [6, 6.07) is 6.69. The minimum absolute atomic E-state index is 0.0380. The summed E-state index contributed by atoms with van der Waals surface area (Å²) in [4.78, 5) is 16.3. The SMILES string of the molecule is CCOc1ccc(OC(F)(F)F)c(-c2ccc(NC(=O)c3conc3C)nc2N)c1. The van der Waals surface area contributed by atoms with Crippen LogP contribution in [-0.2, 0) is 0 Å². The molecule has 1 amide bonds. The Morgan fingerprint density at radius 1 is 1.23 bits per heavy atom. The van der Waals surface area contributed by atoms with Crippen LogP contribution >= 0.6 is 0 Å². The fourth-order valence-electron chi connectivity index (χ4n) is 2.66. The Morgan fingerprint density at radius 2 is 2.00 bits per heavy atom. The molecule has 0 atom stereocenters. The van der Waals surface area contributed by atoms with Gasteiger partial charge in [0.15, 0.2) is 0 Å². The maximum atomic E-state index is 12.8. The number of nitrogens with one attached hydrogen (secondary N) is 1. The first-order valence-electron chi connectivity index (χ1n) is 8.69. The highest BCUT2D eigenvalue weighted by Gasteiger charge is 2.32. The van der Waals surface area contributed by atoms with E-state index in [0.29, 0.717) is 18.1 Å². The Morgan fingerprint density at radius 3 is 2.60 bits per heavy atom. The summed E-state index contributed by atoms with van der Waals surface area (Å²) >= 11 is 0. The molecular weight excluding hydrogens is 405 g/mol. The zero-order chi connectivity index (χ0) is 21.9. The number of halogens is 3. The molecule has 3 aromatic rings. The number of hydrogen-bond donors (Lipinski definition) is 2. The molecule has 0 aliphatic carbocycles. The molecule has 8 nitrogen and oxygen atoms in total. The van der Waals surface area contributed by atoms with Gasteiger partial charge >= 0.3 is 6.36 Å². The van der Waals surface area contributed by atoms with E-state index >= 15 is 0 Å². The summed E-state index contributed by atoms with van der Waals surface area (Å²) < 4.78 is 52.6. The van der Waals surface area contributed by atoms with Gasteiger partial charge in [-0.25, -0.2) is 4.98 Å². The number of carbonyl (C=O) groups excluding carboxylic acids is 1. The summed E-state index contributed by atoms with van der Waals surface area (Å²) in [5.41, 5.74) is 6.78. The second-order valence-electron chi connectivity index (χ2n) is 6.04. The van der Waals surface area contributed by atoms with Crippen LogP contribution in [0.3, 0.4) is 0 Å². The third-order valence-electron chi connectivity index (χ3n) is 3.94. The van der Waals surface area contributed by atoms with Gasteiger partial charge < -0.3 is 25.0 Å². The molecule has 30 heavy (non-hydrogen) atoms. The molecule has 0 aliphatic heterocycles. The van der Waals surface area contributed by atoms with E-state index in [1.165, 1.54) is 30.5 Å². The number of amides is 1. The van der Waals surface area contributed by atoms with E-state index in [1.807, 2.05) is 0 Å². The highest BCUT2D eigenvalue weighted by Crippen LogP contribution is 2.39. The van der Waals surface area contributed by atoms with Crippen molar-refractivity contribution in [1.29, 1.82) is 0 Å². The summed E-state index contributed by atoms with van der Waals surface area (Å²) in [6.07, 6.45) is -3.71. The van der Waals surface area contributed by atoms with E-state index < -0.39 is 18.0 Å². The zero-order valence-corrected chi connectivity index (χ0v) is 15.9. The van der Waals surface area contributed by atoms with Crippen molar-refractivity contribution in [2.24, 2.45) is 0 Å². The Hall–Kier alpha value is -3.76. The molecule has 11 heteroatoms. The quantitative estimate of drug-likeness (QED) is 0.613. The van der Waals surface area contributed by atoms with Crippen LogP contribution in [0.1, 0.15) is 23.0 Å². The largest absolute Gasteiger partial charge is 0.573 e. The lowest BCUT2D eigenvalue weighted by atomic mass is 10.0. The molecule has 2 aromatic heterocycles. The van der Waals surface area contributed by atoms with Crippen molar-refractivity contribution in [2.75, 3.05) is 17.7 Å². The number of anilines is 2. The molecule has 1 aromatic carbocycles. The molecule has 0 unspecified atom stereocenters. The first-order chi connectivity index (χ1) is 14.2. The minimum Gasteiger partial charge on any atom is -0.494 e. The van der Waals surface area contributed by atoms with Crippen molar-refractivity contribution >= 4 is 17.5 Å². The molecule has 158 valence electrons. The first kappa shape index (κ1) is 21.0. The number of nitrogens with two attached hydrogens (primary N) is 1. The van der Waals surface area contributed by atoms with Crippen molar-refractivity contribution < 1.29 is 32.0 Å². The average molecular weight is 422 g/mol. The Bertz CT molecular complexity index is 1070. The lowest BCUT2D eigenvalue weighted by Crippen LogP contribution is -2.18. The van der Waals surface area contributed by atoms with Gasteiger partial charge in [0.1, 0.15) is 35.0 Å². The van der Waals surface area contributed by atoms with E-state index in [4.69, 9.17) is 15.0 Å². The van der Waals surface area contributed by atoms with Gasteiger partial charge in [0.05, 0.1) is 12.3 Å². The van der Waals surface area contributed by atoms with Crippen molar-refractivity contribution in [3.05, 3.63) is 47.9 Å². The highest BCUT2D eigenvalue weighted by molar-refractivity contribution is 6.04. The molecule has 2 heterocycles. The Kier molecular flexibility index (Phi) is 5.81. The smallest absolute Gasteiger partial charge is 0.494 e. The molecule has 3 rings (SSSR count). The maximum Gasteiger partial charge on any atom is 0.573 e. The maximum absolute atomic E-state index is 12.8. The molecule has 0 bridgehead atoms. The van der Waals surface area contributed by atoms with Crippen LogP contribution in [0.4, 0.5) is 24.8 Å². The second-order valence-corrected chi connectivity index (χ2v) is 6.04. The number of carbonyl (C=O) groups is 1. The molecular formula is C19H17F3N4O4. The van der Waals surface area contributed by atoms with Crippen molar-refractivity contribution in [2.45, 2.75) is 20.2 Å². The lowest BCUT2D eigenvalue weighted by Gasteiger charge is -2.16. The van der Waals surface area contributed by atoms with Crippen LogP contribution in [0.2, 0.25) is 0 Å². The van der Waals surface area contributed by atoms with Crippen molar-refractivity contribution in [3.8, 4) is 22.6 Å². The minimum atomic E-state index is -4.89. The fraction of sp³-hybridized carbons (Fsp3) is 0.211. The molecule has 0 saturated heterocycles. The topological polar surface area (TPSA) is 112 Å². The van der Waals surface area contributed by atoms with Crippen LogP contribution in [0.15, 0.2) is 41.1 Å². The number of benzene rings is 1. The first-order valence-corrected chi connectivity index (χ1v) is 8.69. The molecule has 0 saturated carbocycles. The number of aryl methyl sites for hydroxylation is 1. The molecule has 3 N–H and O–H groups in total. The standard InChI is InChI=1S/C19H17F3N4O4/c1-3-28-11-4-6-15(30-19(20,21)22)13(8-11)12-5-7-16(24-17(12)23)25-18(27)14-9-29-26-10(14)2/h4-9H,3H2,1-2H3,(H3,23,24,25,27).